The second kappa shape index (κ2) is 7.83. The molecule has 152 valence electrons. The van der Waals surface area contributed by atoms with E-state index >= 15 is 4.39 Å². The SMILES string of the molecule is Cc1ccc(-c2nn(-c3c(Cl)ccc(CNC(=O)C(C)(C)C)c3F)c(=O)[nH]2)cc1. The maximum absolute atomic E-state index is 15.2. The number of amides is 1. The van der Waals surface area contributed by atoms with Gasteiger partial charge in [0.2, 0.25) is 5.91 Å². The molecule has 0 saturated heterocycles. The first-order valence-corrected chi connectivity index (χ1v) is 9.47. The Balaban J connectivity index is 1.98. The predicted octanol–water partition coefficient (Wildman–Crippen LogP) is 3.99. The molecule has 0 fully saturated rings. The van der Waals surface area contributed by atoms with Crippen LogP contribution < -0.4 is 11.0 Å². The molecule has 0 spiro atoms. The van der Waals surface area contributed by atoms with Gasteiger partial charge in [0, 0.05) is 23.1 Å². The van der Waals surface area contributed by atoms with Crippen LogP contribution in [-0.2, 0) is 11.3 Å². The van der Waals surface area contributed by atoms with Crippen LogP contribution in [0.5, 0.6) is 0 Å². The summed E-state index contributed by atoms with van der Waals surface area (Å²) < 4.78 is 16.1. The minimum Gasteiger partial charge on any atom is -0.351 e. The third kappa shape index (κ3) is 4.40. The van der Waals surface area contributed by atoms with Gasteiger partial charge in [-0.15, -0.1) is 5.10 Å². The van der Waals surface area contributed by atoms with E-state index in [0.29, 0.717) is 11.4 Å². The molecule has 0 radical (unpaired) electrons. The van der Waals surface area contributed by atoms with Crippen LogP contribution in [0.2, 0.25) is 5.02 Å². The lowest BCUT2D eigenvalue weighted by atomic mass is 9.95. The minimum atomic E-state index is -0.712. The van der Waals surface area contributed by atoms with Crippen molar-refractivity contribution in [3.05, 3.63) is 68.8 Å². The quantitative estimate of drug-likeness (QED) is 0.674. The van der Waals surface area contributed by atoms with Crippen molar-refractivity contribution in [2.24, 2.45) is 5.41 Å². The molecule has 29 heavy (non-hydrogen) atoms. The van der Waals surface area contributed by atoms with Crippen molar-refractivity contribution in [3.63, 3.8) is 0 Å². The lowest BCUT2D eigenvalue weighted by molar-refractivity contribution is -0.128. The van der Waals surface area contributed by atoms with Crippen molar-refractivity contribution in [1.29, 1.82) is 0 Å². The van der Waals surface area contributed by atoms with Crippen molar-refractivity contribution in [2.75, 3.05) is 0 Å². The third-order valence-electron chi connectivity index (χ3n) is 4.42. The molecule has 0 saturated carbocycles. The Morgan fingerprint density at radius 3 is 2.48 bits per heavy atom. The summed E-state index contributed by atoms with van der Waals surface area (Å²) in [7, 11) is 0. The van der Waals surface area contributed by atoms with Gasteiger partial charge >= 0.3 is 5.69 Å². The first-order valence-electron chi connectivity index (χ1n) is 9.10. The Morgan fingerprint density at radius 1 is 1.21 bits per heavy atom. The Labute approximate surface area is 172 Å². The van der Waals surface area contributed by atoms with Crippen LogP contribution in [0.15, 0.2) is 41.2 Å². The first kappa shape index (κ1) is 20.8. The standard InChI is InChI=1S/C21H22ClFN4O2/c1-12-5-7-13(8-6-12)18-25-20(29)27(26-18)17-15(22)10-9-14(16(17)23)11-24-19(28)21(2,3)4/h5-10H,11H2,1-4H3,(H,24,28)(H,25,26,29). The van der Waals surface area contributed by atoms with Gasteiger partial charge in [0.1, 0.15) is 5.69 Å². The van der Waals surface area contributed by atoms with Crippen LogP contribution in [0, 0.1) is 18.2 Å². The van der Waals surface area contributed by atoms with E-state index in [1.54, 1.807) is 20.8 Å². The number of hydrogen-bond donors (Lipinski definition) is 2. The average Bonchev–Trinajstić information content (AvgIpc) is 3.02. The molecule has 2 N–H and O–H groups in total. The number of carbonyl (C=O) groups excluding carboxylic acids is 1. The average molecular weight is 417 g/mol. The fraction of sp³-hybridized carbons (Fsp3) is 0.286. The third-order valence-corrected chi connectivity index (χ3v) is 4.73. The van der Waals surface area contributed by atoms with Gasteiger partial charge in [-0.1, -0.05) is 68.3 Å². The highest BCUT2D eigenvalue weighted by molar-refractivity contribution is 6.32. The Morgan fingerprint density at radius 2 is 1.86 bits per heavy atom. The number of aromatic amines is 1. The van der Waals surface area contributed by atoms with Crippen molar-refractivity contribution >= 4 is 17.5 Å². The van der Waals surface area contributed by atoms with E-state index in [0.717, 1.165) is 10.2 Å². The molecule has 3 rings (SSSR count). The topological polar surface area (TPSA) is 79.8 Å². The van der Waals surface area contributed by atoms with E-state index in [2.05, 4.69) is 15.4 Å². The molecule has 8 heteroatoms. The molecule has 0 unspecified atom stereocenters. The number of nitrogens with one attached hydrogen (secondary N) is 2. The smallest absolute Gasteiger partial charge is 0.348 e. The molecule has 0 aliphatic carbocycles. The summed E-state index contributed by atoms with van der Waals surface area (Å²) in [5.41, 5.74) is 0.583. The molecular formula is C21H22ClFN4O2. The van der Waals surface area contributed by atoms with E-state index in [9.17, 15) is 9.59 Å². The Bertz CT molecular complexity index is 1110. The molecule has 2 aromatic carbocycles. The van der Waals surface area contributed by atoms with Crippen LogP contribution in [0.4, 0.5) is 4.39 Å². The molecule has 0 aliphatic heterocycles. The van der Waals surface area contributed by atoms with Gasteiger partial charge in [0.25, 0.3) is 0 Å². The summed E-state index contributed by atoms with van der Waals surface area (Å²) in [4.78, 5) is 27.1. The van der Waals surface area contributed by atoms with Gasteiger partial charge < -0.3 is 5.32 Å². The second-order valence-corrected chi connectivity index (χ2v) is 8.27. The number of hydrogen-bond acceptors (Lipinski definition) is 3. The zero-order valence-electron chi connectivity index (χ0n) is 16.6. The summed E-state index contributed by atoms with van der Waals surface area (Å²) >= 11 is 6.18. The van der Waals surface area contributed by atoms with Gasteiger partial charge in [-0.2, -0.15) is 4.68 Å². The summed E-state index contributed by atoms with van der Waals surface area (Å²) in [6.07, 6.45) is 0. The van der Waals surface area contributed by atoms with Crippen LogP contribution in [-0.4, -0.2) is 20.7 Å². The number of aryl methyl sites for hydroxylation is 1. The normalized spacial score (nSPS) is 11.5. The number of H-pyrrole nitrogens is 1. The summed E-state index contributed by atoms with van der Waals surface area (Å²) in [5.74, 6) is -0.625. The van der Waals surface area contributed by atoms with Crippen molar-refractivity contribution in [1.82, 2.24) is 20.1 Å². The van der Waals surface area contributed by atoms with Crippen molar-refractivity contribution in [3.8, 4) is 17.1 Å². The zero-order valence-corrected chi connectivity index (χ0v) is 17.4. The van der Waals surface area contributed by atoms with Gasteiger partial charge in [0.15, 0.2) is 11.6 Å². The highest BCUT2D eigenvalue weighted by Gasteiger charge is 2.23. The van der Waals surface area contributed by atoms with E-state index in [-0.39, 0.29) is 28.7 Å². The molecule has 6 nitrogen and oxygen atoms in total. The number of aromatic nitrogens is 3. The van der Waals surface area contributed by atoms with Crippen molar-refractivity contribution < 1.29 is 9.18 Å². The molecule has 0 atom stereocenters. The van der Waals surface area contributed by atoms with Gasteiger partial charge in [-0.05, 0) is 13.0 Å². The molecule has 3 aromatic rings. The zero-order chi connectivity index (χ0) is 21.3. The molecule has 1 amide bonds. The lowest BCUT2D eigenvalue weighted by Gasteiger charge is -2.18. The number of halogens is 2. The number of nitrogens with zero attached hydrogens (tertiary/aromatic N) is 2. The van der Waals surface area contributed by atoms with E-state index in [1.807, 2.05) is 31.2 Å². The van der Waals surface area contributed by atoms with Gasteiger partial charge in [-0.3, -0.25) is 9.78 Å². The maximum Gasteiger partial charge on any atom is 0.348 e. The predicted molar refractivity (Wildman–Crippen MR) is 111 cm³/mol. The lowest BCUT2D eigenvalue weighted by Crippen LogP contribution is -2.34. The molecule has 1 heterocycles. The Hall–Kier alpha value is -2.93. The molecule has 1 aromatic heterocycles. The fourth-order valence-electron chi connectivity index (χ4n) is 2.67. The maximum atomic E-state index is 15.2. The van der Waals surface area contributed by atoms with Crippen LogP contribution in [0.25, 0.3) is 17.1 Å². The number of carbonyl (C=O) groups is 1. The molecule has 0 aliphatic rings. The summed E-state index contributed by atoms with van der Waals surface area (Å²) in [6, 6.07) is 10.4. The van der Waals surface area contributed by atoms with Crippen LogP contribution in [0.3, 0.4) is 0 Å². The molecule has 0 bridgehead atoms. The van der Waals surface area contributed by atoms with Crippen LogP contribution in [0.1, 0.15) is 31.9 Å². The fourth-order valence-corrected chi connectivity index (χ4v) is 2.90. The van der Waals surface area contributed by atoms with E-state index in [4.69, 9.17) is 11.6 Å². The second-order valence-electron chi connectivity index (χ2n) is 7.86. The van der Waals surface area contributed by atoms with Gasteiger partial charge in [0.05, 0.1) is 5.02 Å². The largest absolute Gasteiger partial charge is 0.351 e. The van der Waals surface area contributed by atoms with Crippen molar-refractivity contribution in [2.45, 2.75) is 34.2 Å². The van der Waals surface area contributed by atoms with Gasteiger partial charge in [-0.25, -0.2) is 9.18 Å². The monoisotopic (exact) mass is 416 g/mol. The molecular weight excluding hydrogens is 395 g/mol. The van der Waals surface area contributed by atoms with E-state index in [1.165, 1.54) is 12.1 Å². The minimum absolute atomic E-state index is 0.0316. The first-order chi connectivity index (χ1) is 13.6. The summed E-state index contributed by atoms with van der Waals surface area (Å²) in [6.45, 7) is 7.21. The Kier molecular flexibility index (Phi) is 5.61. The highest BCUT2D eigenvalue weighted by atomic mass is 35.5. The highest BCUT2D eigenvalue weighted by Crippen LogP contribution is 2.26. The van der Waals surface area contributed by atoms with Crippen LogP contribution >= 0.6 is 11.6 Å². The summed E-state index contributed by atoms with van der Waals surface area (Å²) in [5, 5.41) is 6.94. The number of rotatable bonds is 4. The van der Waals surface area contributed by atoms with E-state index < -0.39 is 16.9 Å². The number of benzene rings is 2.